The Morgan fingerprint density at radius 3 is 2.61 bits per heavy atom. The zero-order valence-corrected chi connectivity index (χ0v) is 19.1. The van der Waals surface area contributed by atoms with Crippen molar-refractivity contribution in [2.75, 3.05) is 12.4 Å². The first-order chi connectivity index (χ1) is 16.0. The molecule has 3 N–H and O–H groups in total. The third kappa shape index (κ3) is 5.30. The SMILES string of the molecule is COc1cc(C2NC(=S)NC(C)=C2C(=O)Nc2ccccn2)ccc1OCc1ccccc1. The number of hydrogen-bond acceptors (Lipinski definition) is 5. The molecule has 0 saturated heterocycles. The monoisotopic (exact) mass is 460 g/mol. The second-order valence-corrected chi connectivity index (χ2v) is 7.83. The van der Waals surface area contributed by atoms with E-state index in [0.29, 0.717) is 40.3 Å². The molecule has 0 bridgehead atoms. The highest BCUT2D eigenvalue weighted by molar-refractivity contribution is 7.80. The minimum atomic E-state index is -0.473. The van der Waals surface area contributed by atoms with Crippen LogP contribution in [0.2, 0.25) is 0 Å². The number of aromatic nitrogens is 1. The molecular weight excluding hydrogens is 436 g/mol. The molecule has 2 heterocycles. The number of nitrogens with zero attached hydrogens (tertiary/aromatic N) is 1. The van der Waals surface area contributed by atoms with Gasteiger partial charge in [-0.15, -0.1) is 0 Å². The van der Waals surface area contributed by atoms with Crippen molar-refractivity contribution in [1.29, 1.82) is 0 Å². The van der Waals surface area contributed by atoms with Crippen LogP contribution in [0.5, 0.6) is 11.5 Å². The van der Waals surface area contributed by atoms with Gasteiger partial charge in [0.25, 0.3) is 5.91 Å². The second kappa shape index (κ2) is 10.1. The van der Waals surface area contributed by atoms with Crippen molar-refractivity contribution >= 4 is 29.1 Å². The molecule has 1 aromatic heterocycles. The average Bonchev–Trinajstić information content (AvgIpc) is 2.83. The molecule has 0 aliphatic carbocycles. The van der Waals surface area contributed by atoms with E-state index in [1.54, 1.807) is 25.4 Å². The Balaban J connectivity index is 1.60. The van der Waals surface area contributed by atoms with Crippen molar-refractivity contribution in [3.05, 3.63) is 95.3 Å². The third-order valence-corrected chi connectivity index (χ3v) is 5.40. The average molecular weight is 461 g/mol. The zero-order valence-electron chi connectivity index (χ0n) is 18.3. The number of methoxy groups -OCH3 is 1. The normalized spacial score (nSPS) is 15.3. The summed E-state index contributed by atoms with van der Waals surface area (Å²) in [5, 5.41) is 9.52. The first kappa shape index (κ1) is 22.3. The number of thiocarbonyl (C=S) groups is 1. The van der Waals surface area contributed by atoms with E-state index in [4.69, 9.17) is 21.7 Å². The number of ether oxygens (including phenoxy) is 2. The van der Waals surface area contributed by atoms with E-state index >= 15 is 0 Å². The zero-order chi connectivity index (χ0) is 23.2. The molecule has 4 rings (SSSR count). The molecule has 2 aromatic carbocycles. The molecule has 1 atom stereocenters. The van der Waals surface area contributed by atoms with Crippen LogP contribution in [0, 0.1) is 0 Å². The van der Waals surface area contributed by atoms with Gasteiger partial charge in [-0.05, 0) is 54.5 Å². The lowest BCUT2D eigenvalue weighted by Crippen LogP contribution is -2.45. The third-order valence-electron chi connectivity index (χ3n) is 5.18. The van der Waals surface area contributed by atoms with Gasteiger partial charge in [-0.3, -0.25) is 4.79 Å². The van der Waals surface area contributed by atoms with Gasteiger partial charge in [-0.25, -0.2) is 4.98 Å². The van der Waals surface area contributed by atoms with E-state index in [9.17, 15) is 4.79 Å². The van der Waals surface area contributed by atoms with Crippen molar-refractivity contribution in [2.24, 2.45) is 0 Å². The molecule has 3 aromatic rings. The van der Waals surface area contributed by atoms with Crippen molar-refractivity contribution in [1.82, 2.24) is 15.6 Å². The predicted octanol–water partition coefficient (Wildman–Crippen LogP) is 4.10. The van der Waals surface area contributed by atoms with E-state index in [-0.39, 0.29) is 5.91 Å². The number of carbonyl (C=O) groups excluding carboxylic acids is 1. The summed E-state index contributed by atoms with van der Waals surface area (Å²) < 4.78 is 11.6. The Hall–Kier alpha value is -3.91. The minimum absolute atomic E-state index is 0.276. The summed E-state index contributed by atoms with van der Waals surface area (Å²) in [6.45, 7) is 2.24. The van der Waals surface area contributed by atoms with E-state index in [1.807, 2.05) is 61.5 Å². The number of carbonyl (C=O) groups is 1. The smallest absolute Gasteiger partial charge is 0.256 e. The van der Waals surface area contributed by atoms with Crippen LogP contribution in [-0.4, -0.2) is 23.1 Å². The quantitative estimate of drug-likeness (QED) is 0.458. The summed E-state index contributed by atoms with van der Waals surface area (Å²) in [5.41, 5.74) is 3.05. The van der Waals surface area contributed by atoms with Gasteiger partial charge in [-0.1, -0.05) is 42.5 Å². The van der Waals surface area contributed by atoms with Crippen LogP contribution in [-0.2, 0) is 11.4 Å². The van der Waals surface area contributed by atoms with Crippen molar-refractivity contribution < 1.29 is 14.3 Å². The lowest BCUT2D eigenvalue weighted by atomic mass is 9.94. The summed E-state index contributed by atoms with van der Waals surface area (Å²) in [5.74, 6) is 1.37. The Kier molecular flexibility index (Phi) is 6.85. The molecule has 8 heteroatoms. The molecule has 0 spiro atoms. The van der Waals surface area contributed by atoms with Gasteiger partial charge in [-0.2, -0.15) is 0 Å². The largest absolute Gasteiger partial charge is 0.493 e. The van der Waals surface area contributed by atoms with Crippen LogP contribution in [0.1, 0.15) is 24.1 Å². The van der Waals surface area contributed by atoms with Gasteiger partial charge in [0.2, 0.25) is 0 Å². The van der Waals surface area contributed by atoms with Crippen LogP contribution < -0.4 is 25.4 Å². The number of rotatable bonds is 7. The fraction of sp³-hybridized carbons (Fsp3) is 0.160. The number of nitrogens with one attached hydrogen (secondary N) is 3. The topological polar surface area (TPSA) is 84.5 Å². The van der Waals surface area contributed by atoms with Gasteiger partial charge in [0.1, 0.15) is 12.4 Å². The van der Waals surface area contributed by atoms with Crippen LogP contribution in [0.15, 0.2) is 84.2 Å². The number of pyridine rings is 1. The highest BCUT2D eigenvalue weighted by Gasteiger charge is 2.30. The van der Waals surface area contributed by atoms with Gasteiger partial charge >= 0.3 is 0 Å². The van der Waals surface area contributed by atoms with E-state index in [0.717, 1.165) is 11.1 Å². The van der Waals surface area contributed by atoms with Crippen molar-refractivity contribution in [3.8, 4) is 11.5 Å². The van der Waals surface area contributed by atoms with Gasteiger partial charge in [0.05, 0.1) is 18.7 Å². The van der Waals surface area contributed by atoms with E-state index in [1.165, 1.54) is 0 Å². The van der Waals surface area contributed by atoms with Gasteiger partial charge in [0.15, 0.2) is 16.6 Å². The molecule has 0 radical (unpaired) electrons. The molecule has 7 nitrogen and oxygen atoms in total. The molecule has 1 amide bonds. The highest BCUT2D eigenvalue weighted by atomic mass is 32.1. The summed E-state index contributed by atoms with van der Waals surface area (Å²) in [4.78, 5) is 17.3. The Labute approximate surface area is 197 Å². The number of amides is 1. The Morgan fingerprint density at radius 1 is 1.09 bits per heavy atom. The molecule has 1 unspecified atom stereocenters. The fourth-order valence-corrected chi connectivity index (χ4v) is 3.85. The van der Waals surface area contributed by atoms with Gasteiger partial charge < -0.3 is 25.4 Å². The second-order valence-electron chi connectivity index (χ2n) is 7.42. The Morgan fingerprint density at radius 2 is 1.88 bits per heavy atom. The van der Waals surface area contributed by atoms with Crippen LogP contribution in [0.4, 0.5) is 5.82 Å². The van der Waals surface area contributed by atoms with Crippen LogP contribution in [0.3, 0.4) is 0 Å². The number of benzene rings is 2. The Bertz CT molecular complexity index is 1180. The molecule has 0 saturated carbocycles. The molecule has 0 fully saturated rings. The van der Waals surface area contributed by atoms with E-state index in [2.05, 4.69) is 20.9 Å². The van der Waals surface area contributed by atoms with Crippen LogP contribution >= 0.6 is 12.2 Å². The summed E-state index contributed by atoms with van der Waals surface area (Å²) in [7, 11) is 1.59. The maximum atomic E-state index is 13.2. The summed E-state index contributed by atoms with van der Waals surface area (Å²) in [6, 6.07) is 20.4. The lowest BCUT2D eigenvalue weighted by molar-refractivity contribution is -0.113. The maximum absolute atomic E-state index is 13.2. The summed E-state index contributed by atoms with van der Waals surface area (Å²) in [6.07, 6.45) is 1.62. The van der Waals surface area contributed by atoms with Crippen LogP contribution in [0.25, 0.3) is 0 Å². The first-order valence-electron chi connectivity index (χ1n) is 10.4. The molecule has 33 heavy (non-hydrogen) atoms. The molecule has 1 aliphatic rings. The first-order valence-corrected chi connectivity index (χ1v) is 10.8. The predicted molar refractivity (Wildman–Crippen MR) is 131 cm³/mol. The highest BCUT2D eigenvalue weighted by Crippen LogP contribution is 2.35. The number of hydrogen-bond donors (Lipinski definition) is 3. The van der Waals surface area contributed by atoms with E-state index < -0.39 is 6.04 Å². The van der Waals surface area contributed by atoms with Crippen molar-refractivity contribution in [3.63, 3.8) is 0 Å². The minimum Gasteiger partial charge on any atom is -0.493 e. The molecule has 168 valence electrons. The summed E-state index contributed by atoms with van der Waals surface area (Å²) >= 11 is 5.36. The van der Waals surface area contributed by atoms with Gasteiger partial charge in [0, 0.05) is 11.9 Å². The number of anilines is 1. The lowest BCUT2D eigenvalue weighted by Gasteiger charge is -2.30. The van der Waals surface area contributed by atoms with Crippen molar-refractivity contribution in [2.45, 2.75) is 19.6 Å². The standard InChI is InChI=1S/C25H24N4O3S/c1-16-22(24(30)28-21-10-6-7-13-26-21)23(29-25(33)27-16)18-11-12-19(20(14-18)31-2)32-15-17-8-4-3-5-9-17/h3-14,23H,15H2,1-2H3,(H,26,28,30)(H2,27,29,33). The molecule has 1 aliphatic heterocycles. The fourth-order valence-electron chi connectivity index (χ4n) is 3.58. The molecular formula is C25H24N4O3S. The number of allylic oxidation sites excluding steroid dienone is 1. The maximum Gasteiger partial charge on any atom is 0.256 e.